The van der Waals surface area contributed by atoms with Crippen LogP contribution < -0.4 is 20.5 Å². The van der Waals surface area contributed by atoms with E-state index in [0.717, 1.165) is 0 Å². The number of anilines is 1. The molecule has 0 aliphatic carbocycles. The summed E-state index contributed by atoms with van der Waals surface area (Å²) in [5, 5.41) is 0. The van der Waals surface area contributed by atoms with E-state index >= 15 is 0 Å². The third-order valence-corrected chi connectivity index (χ3v) is 4.74. The zero-order valence-electron chi connectivity index (χ0n) is 16.8. The fraction of sp³-hybridized carbons (Fsp3) is 0.136. The first-order chi connectivity index (χ1) is 14.9. The summed E-state index contributed by atoms with van der Waals surface area (Å²) >= 11 is 3.16. The highest BCUT2D eigenvalue weighted by Crippen LogP contribution is 2.23. The normalized spacial score (nSPS) is 10.3. The molecule has 1 heterocycles. The van der Waals surface area contributed by atoms with Crippen molar-refractivity contribution >= 4 is 39.3 Å². The first-order valence-corrected chi connectivity index (χ1v) is 10.2. The maximum Gasteiger partial charge on any atom is 0.293 e. The minimum Gasteiger partial charge on any atom is -0.494 e. The number of ether oxygens (including phenoxy) is 1. The summed E-state index contributed by atoms with van der Waals surface area (Å²) in [4.78, 5) is 39.0. The molecule has 9 heteroatoms. The Morgan fingerprint density at radius 1 is 0.968 bits per heavy atom. The summed E-state index contributed by atoms with van der Waals surface area (Å²) in [5.41, 5.74) is 5.66. The molecule has 0 bridgehead atoms. The minimum absolute atomic E-state index is 0.119. The van der Waals surface area contributed by atoms with Crippen molar-refractivity contribution in [3.8, 4) is 5.75 Å². The number of nitrogens with one attached hydrogen (secondary N) is 2. The molecule has 3 rings (SSSR count). The van der Waals surface area contributed by atoms with Crippen LogP contribution in [-0.4, -0.2) is 31.4 Å². The topological polar surface area (TPSA) is 101 Å². The van der Waals surface area contributed by atoms with Crippen LogP contribution in [0.2, 0.25) is 0 Å². The molecule has 0 saturated heterocycles. The van der Waals surface area contributed by atoms with Gasteiger partial charge in [0.25, 0.3) is 17.7 Å². The fourth-order valence-electron chi connectivity index (χ4n) is 2.78. The molecule has 0 spiro atoms. The van der Waals surface area contributed by atoms with Gasteiger partial charge in [-0.15, -0.1) is 0 Å². The molecule has 0 unspecified atom stereocenters. The second-order valence-corrected chi connectivity index (χ2v) is 7.13. The Bertz CT molecular complexity index is 1090. The predicted molar refractivity (Wildman–Crippen MR) is 118 cm³/mol. The SMILES string of the molecule is CCOc1ccc(C(=O)NNC(=O)c2ccccc2N(C)C(=O)c2ccc(Br)o2)cc1. The van der Waals surface area contributed by atoms with Crippen LogP contribution in [0.25, 0.3) is 0 Å². The third-order valence-electron chi connectivity index (χ3n) is 4.32. The number of carbonyl (C=O) groups excluding carboxylic acids is 3. The number of amides is 3. The lowest BCUT2D eigenvalue weighted by Gasteiger charge is -2.19. The van der Waals surface area contributed by atoms with Crippen molar-refractivity contribution in [1.29, 1.82) is 0 Å². The maximum atomic E-state index is 12.7. The lowest BCUT2D eigenvalue weighted by Crippen LogP contribution is -2.42. The van der Waals surface area contributed by atoms with Gasteiger partial charge in [0.2, 0.25) is 0 Å². The second kappa shape index (κ2) is 9.94. The Balaban J connectivity index is 1.69. The number of hydrazine groups is 1. The average molecular weight is 486 g/mol. The summed E-state index contributed by atoms with van der Waals surface area (Å²) < 4.78 is 11.1. The number of para-hydroxylation sites is 1. The Morgan fingerprint density at radius 3 is 2.29 bits per heavy atom. The molecule has 8 nitrogen and oxygen atoms in total. The summed E-state index contributed by atoms with van der Waals surface area (Å²) in [6.07, 6.45) is 0. The largest absolute Gasteiger partial charge is 0.494 e. The molecule has 2 aromatic carbocycles. The number of furan rings is 1. The van der Waals surface area contributed by atoms with E-state index in [9.17, 15) is 14.4 Å². The quantitative estimate of drug-likeness (QED) is 0.517. The van der Waals surface area contributed by atoms with Crippen molar-refractivity contribution in [2.45, 2.75) is 6.92 Å². The van der Waals surface area contributed by atoms with Gasteiger partial charge >= 0.3 is 0 Å². The van der Waals surface area contributed by atoms with Crippen molar-refractivity contribution in [3.63, 3.8) is 0 Å². The standard InChI is InChI=1S/C22H20BrN3O5/c1-3-30-15-10-8-14(9-11-15)20(27)24-25-21(28)16-6-4-5-7-17(16)26(2)22(29)18-12-13-19(23)31-18/h4-13H,3H2,1-2H3,(H,24,27)(H,25,28). The zero-order chi connectivity index (χ0) is 22.4. The molecular formula is C22H20BrN3O5. The Morgan fingerprint density at radius 2 is 1.65 bits per heavy atom. The van der Waals surface area contributed by atoms with Gasteiger partial charge in [-0.3, -0.25) is 25.2 Å². The zero-order valence-corrected chi connectivity index (χ0v) is 18.4. The summed E-state index contributed by atoms with van der Waals surface area (Å²) in [7, 11) is 1.53. The number of hydrogen-bond acceptors (Lipinski definition) is 5. The lowest BCUT2D eigenvalue weighted by atomic mass is 10.1. The van der Waals surface area contributed by atoms with E-state index in [1.54, 1.807) is 54.6 Å². The van der Waals surface area contributed by atoms with E-state index < -0.39 is 17.7 Å². The molecule has 31 heavy (non-hydrogen) atoms. The first kappa shape index (κ1) is 22.1. The lowest BCUT2D eigenvalue weighted by molar-refractivity contribution is 0.0846. The molecule has 0 atom stereocenters. The smallest absolute Gasteiger partial charge is 0.293 e. The van der Waals surface area contributed by atoms with E-state index in [-0.39, 0.29) is 11.3 Å². The Hall–Kier alpha value is -3.59. The number of hydrogen-bond donors (Lipinski definition) is 2. The second-order valence-electron chi connectivity index (χ2n) is 6.35. The van der Waals surface area contributed by atoms with Crippen molar-refractivity contribution in [2.24, 2.45) is 0 Å². The molecular weight excluding hydrogens is 466 g/mol. The first-order valence-electron chi connectivity index (χ1n) is 9.36. The molecule has 0 fully saturated rings. The van der Waals surface area contributed by atoms with Crippen molar-refractivity contribution in [3.05, 3.63) is 82.2 Å². The van der Waals surface area contributed by atoms with Gasteiger partial charge in [-0.1, -0.05) is 12.1 Å². The van der Waals surface area contributed by atoms with Crippen LogP contribution in [-0.2, 0) is 0 Å². The van der Waals surface area contributed by atoms with Gasteiger partial charge in [0.1, 0.15) is 5.75 Å². The Kier molecular flexibility index (Phi) is 7.09. The average Bonchev–Trinajstić information content (AvgIpc) is 3.23. The molecule has 160 valence electrons. The van der Waals surface area contributed by atoms with Crippen LogP contribution >= 0.6 is 15.9 Å². The van der Waals surface area contributed by atoms with Gasteiger partial charge in [-0.25, -0.2) is 0 Å². The highest BCUT2D eigenvalue weighted by molar-refractivity contribution is 9.10. The van der Waals surface area contributed by atoms with Crippen LogP contribution in [0.5, 0.6) is 5.75 Å². The summed E-state index contributed by atoms with van der Waals surface area (Å²) in [6.45, 7) is 2.39. The number of rotatable bonds is 6. The van der Waals surface area contributed by atoms with E-state index in [0.29, 0.717) is 28.3 Å². The van der Waals surface area contributed by atoms with E-state index in [4.69, 9.17) is 9.15 Å². The van der Waals surface area contributed by atoms with Crippen LogP contribution in [0.15, 0.2) is 69.8 Å². The van der Waals surface area contributed by atoms with Gasteiger partial charge in [0, 0.05) is 12.6 Å². The molecule has 0 saturated carbocycles. The highest BCUT2D eigenvalue weighted by Gasteiger charge is 2.22. The van der Waals surface area contributed by atoms with Gasteiger partial charge in [0.05, 0.1) is 17.9 Å². The van der Waals surface area contributed by atoms with Gasteiger partial charge < -0.3 is 14.1 Å². The molecule has 2 N–H and O–H groups in total. The summed E-state index contributed by atoms with van der Waals surface area (Å²) in [5.74, 6) is -0.722. The van der Waals surface area contributed by atoms with Crippen molar-refractivity contribution in [1.82, 2.24) is 10.9 Å². The number of nitrogens with zero attached hydrogens (tertiary/aromatic N) is 1. The fourth-order valence-corrected chi connectivity index (χ4v) is 3.09. The molecule has 3 aromatic rings. The number of carbonyl (C=O) groups is 3. The highest BCUT2D eigenvalue weighted by atomic mass is 79.9. The van der Waals surface area contributed by atoms with E-state index in [1.807, 2.05) is 6.92 Å². The van der Waals surface area contributed by atoms with E-state index in [1.165, 1.54) is 18.0 Å². The molecule has 3 amide bonds. The summed E-state index contributed by atoms with van der Waals surface area (Å²) in [6, 6.07) is 16.2. The molecule has 0 aliphatic heterocycles. The Labute approximate surface area is 187 Å². The number of halogens is 1. The van der Waals surface area contributed by atoms with Crippen molar-refractivity contribution in [2.75, 3.05) is 18.6 Å². The number of benzene rings is 2. The van der Waals surface area contributed by atoms with E-state index in [2.05, 4.69) is 26.8 Å². The molecule has 1 aromatic heterocycles. The van der Waals surface area contributed by atoms with Gasteiger partial charge in [-0.2, -0.15) is 0 Å². The molecule has 0 aliphatic rings. The van der Waals surface area contributed by atoms with Crippen LogP contribution in [0.3, 0.4) is 0 Å². The van der Waals surface area contributed by atoms with Crippen LogP contribution in [0.1, 0.15) is 38.2 Å². The predicted octanol–water partition coefficient (Wildman–Crippen LogP) is 3.79. The van der Waals surface area contributed by atoms with Gasteiger partial charge in [0.15, 0.2) is 10.4 Å². The monoisotopic (exact) mass is 485 g/mol. The van der Waals surface area contributed by atoms with Crippen LogP contribution in [0, 0.1) is 0 Å². The third kappa shape index (κ3) is 5.32. The minimum atomic E-state index is -0.574. The molecule has 0 radical (unpaired) electrons. The maximum absolute atomic E-state index is 12.7. The van der Waals surface area contributed by atoms with Crippen LogP contribution in [0.4, 0.5) is 5.69 Å². The van der Waals surface area contributed by atoms with Gasteiger partial charge in [-0.05, 0) is 71.4 Å². The van der Waals surface area contributed by atoms with Crippen molar-refractivity contribution < 1.29 is 23.5 Å².